The maximum absolute atomic E-state index is 12.6. The Morgan fingerprint density at radius 2 is 2.29 bits per heavy atom. The number of carbonyl (C=O) groups excluding carboxylic acids is 2. The van der Waals surface area contributed by atoms with E-state index in [1.807, 2.05) is 18.3 Å². The summed E-state index contributed by atoms with van der Waals surface area (Å²) in [5.74, 6) is -0.204. The fraction of sp³-hybridized carbons (Fsp3) is 0.412. The molecule has 3 rings (SSSR count). The van der Waals surface area contributed by atoms with Crippen LogP contribution >= 0.6 is 0 Å². The average molecular weight is 327 g/mol. The Balaban J connectivity index is 1.53. The zero-order valence-electron chi connectivity index (χ0n) is 13.7. The van der Waals surface area contributed by atoms with Gasteiger partial charge in [-0.3, -0.25) is 19.7 Å². The zero-order valence-corrected chi connectivity index (χ0v) is 13.7. The molecule has 7 nitrogen and oxygen atoms in total. The molecule has 1 fully saturated rings. The van der Waals surface area contributed by atoms with Crippen molar-refractivity contribution >= 4 is 11.8 Å². The number of carbonyl (C=O) groups is 2. The SMILES string of the molecule is CN(CCc1cn[nH]c1)C(=O)[C@H]1CC(=O)N(Cc2cccnc2)C1. The number of aromatic nitrogens is 3. The lowest BCUT2D eigenvalue weighted by atomic mass is 10.1. The van der Waals surface area contributed by atoms with Crippen molar-refractivity contribution in [2.75, 3.05) is 20.1 Å². The molecule has 0 spiro atoms. The summed E-state index contributed by atoms with van der Waals surface area (Å²) in [6.07, 6.45) is 8.07. The highest BCUT2D eigenvalue weighted by molar-refractivity contribution is 5.89. The van der Waals surface area contributed by atoms with Crippen molar-refractivity contribution in [1.29, 1.82) is 0 Å². The number of nitrogens with one attached hydrogen (secondary N) is 1. The van der Waals surface area contributed by atoms with E-state index in [4.69, 9.17) is 0 Å². The lowest BCUT2D eigenvalue weighted by molar-refractivity contribution is -0.134. The third-order valence-corrected chi connectivity index (χ3v) is 4.33. The molecular formula is C17H21N5O2. The Labute approximate surface area is 140 Å². The number of hydrogen-bond acceptors (Lipinski definition) is 4. The van der Waals surface area contributed by atoms with E-state index >= 15 is 0 Å². The van der Waals surface area contributed by atoms with Gasteiger partial charge in [0.05, 0.1) is 12.1 Å². The Kier molecular flexibility index (Phi) is 4.88. The molecule has 0 radical (unpaired) electrons. The van der Waals surface area contributed by atoms with Crippen molar-refractivity contribution in [2.24, 2.45) is 5.92 Å². The van der Waals surface area contributed by atoms with Gasteiger partial charge in [-0.15, -0.1) is 0 Å². The second-order valence-corrected chi connectivity index (χ2v) is 6.15. The van der Waals surface area contributed by atoms with Gasteiger partial charge >= 0.3 is 0 Å². The Morgan fingerprint density at radius 3 is 3.00 bits per heavy atom. The third-order valence-electron chi connectivity index (χ3n) is 4.33. The zero-order chi connectivity index (χ0) is 16.9. The maximum Gasteiger partial charge on any atom is 0.227 e. The second kappa shape index (κ2) is 7.25. The van der Waals surface area contributed by atoms with Crippen LogP contribution in [-0.2, 0) is 22.6 Å². The number of aromatic amines is 1. The number of amides is 2. The van der Waals surface area contributed by atoms with Gasteiger partial charge in [0, 0.05) is 51.7 Å². The molecule has 7 heteroatoms. The molecule has 1 saturated heterocycles. The summed E-state index contributed by atoms with van der Waals surface area (Å²) in [7, 11) is 1.79. The molecule has 0 aliphatic carbocycles. The monoisotopic (exact) mass is 327 g/mol. The van der Waals surface area contributed by atoms with Crippen molar-refractivity contribution < 1.29 is 9.59 Å². The molecule has 2 amide bonds. The largest absolute Gasteiger partial charge is 0.345 e. The van der Waals surface area contributed by atoms with Crippen molar-refractivity contribution in [3.05, 3.63) is 48.0 Å². The second-order valence-electron chi connectivity index (χ2n) is 6.15. The van der Waals surface area contributed by atoms with E-state index in [1.165, 1.54) is 0 Å². The predicted molar refractivity (Wildman–Crippen MR) is 87.7 cm³/mol. The van der Waals surface area contributed by atoms with E-state index in [0.717, 1.165) is 17.5 Å². The number of H-pyrrole nitrogens is 1. The number of pyridine rings is 1. The van der Waals surface area contributed by atoms with Crippen LogP contribution in [0, 0.1) is 5.92 Å². The van der Waals surface area contributed by atoms with Crippen molar-refractivity contribution in [3.63, 3.8) is 0 Å². The van der Waals surface area contributed by atoms with Crippen LogP contribution in [0.25, 0.3) is 0 Å². The van der Waals surface area contributed by atoms with Crippen LogP contribution in [0.1, 0.15) is 17.5 Å². The van der Waals surface area contributed by atoms with E-state index in [-0.39, 0.29) is 24.2 Å². The molecule has 0 saturated carbocycles. The van der Waals surface area contributed by atoms with Gasteiger partial charge in [0.15, 0.2) is 0 Å². The van der Waals surface area contributed by atoms with E-state index in [2.05, 4.69) is 15.2 Å². The highest BCUT2D eigenvalue weighted by Crippen LogP contribution is 2.21. The van der Waals surface area contributed by atoms with Crippen LogP contribution in [0.4, 0.5) is 0 Å². The first-order valence-electron chi connectivity index (χ1n) is 8.03. The maximum atomic E-state index is 12.6. The first kappa shape index (κ1) is 16.2. The number of likely N-dealkylation sites (N-methyl/N-ethyl adjacent to an activating group) is 1. The minimum absolute atomic E-state index is 0.0282. The van der Waals surface area contributed by atoms with Gasteiger partial charge < -0.3 is 9.80 Å². The van der Waals surface area contributed by atoms with Gasteiger partial charge in [0.2, 0.25) is 11.8 Å². The van der Waals surface area contributed by atoms with Gasteiger partial charge in [-0.05, 0) is 23.6 Å². The van der Waals surface area contributed by atoms with E-state index in [0.29, 0.717) is 19.6 Å². The molecule has 2 aromatic rings. The molecule has 3 heterocycles. The summed E-state index contributed by atoms with van der Waals surface area (Å²) in [5, 5.41) is 6.66. The fourth-order valence-corrected chi connectivity index (χ4v) is 2.94. The van der Waals surface area contributed by atoms with Gasteiger partial charge in [-0.25, -0.2) is 0 Å². The standard InChI is InChI=1S/C17H21N5O2/c1-21(6-4-13-9-19-20-10-13)17(24)15-7-16(23)22(12-15)11-14-3-2-5-18-8-14/h2-3,5,8-10,15H,4,6-7,11-12H2,1H3,(H,19,20)/t15-/m0/s1. The Hall–Kier alpha value is -2.70. The summed E-state index contributed by atoms with van der Waals surface area (Å²) in [4.78, 5) is 32.3. The van der Waals surface area contributed by atoms with Crippen molar-refractivity contribution in [3.8, 4) is 0 Å². The number of hydrogen-bond donors (Lipinski definition) is 1. The molecule has 1 aliphatic rings. The summed E-state index contributed by atoms with van der Waals surface area (Å²) in [6, 6.07) is 3.79. The van der Waals surface area contributed by atoms with Crippen molar-refractivity contribution in [1.82, 2.24) is 25.0 Å². The van der Waals surface area contributed by atoms with E-state index < -0.39 is 0 Å². The molecule has 1 aliphatic heterocycles. The normalized spacial score (nSPS) is 17.3. The van der Waals surface area contributed by atoms with Gasteiger partial charge in [-0.1, -0.05) is 6.07 Å². The van der Waals surface area contributed by atoms with E-state index in [1.54, 1.807) is 35.4 Å². The summed E-state index contributed by atoms with van der Waals surface area (Å²) in [6.45, 7) is 1.60. The van der Waals surface area contributed by atoms with Crippen LogP contribution in [0.15, 0.2) is 36.9 Å². The van der Waals surface area contributed by atoms with Crippen molar-refractivity contribution in [2.45, 2.75) is 19.4 Å². The summed E-state index contributed by atoms with van der Waals surface area (Å²) < 4.78 is 0. The lowest BCUT2D eigenvalue weighted by Crippen LogP contribution is -2.35. The molecule has 24 heavy (non-hydrogen) atoms. The predicted octanol–water partition coefficient (Wildman–Crippen LogP) is 0.854. The molecular weight excluding hydrogens is 306 g/mol. The topological polar surface area (TPSA) is 82.2 Å². The van der Waals surface area contributed by atoms with E-state index in [9.17, 15) is 9.59 Å². The minimum Gasteiger partial charge on any atom is -0.345 e. The summed E-state index contributed by atoms with van der Waals surface area (Å²) in [5.41, 5.74) is 2.04. The molecule has 1 atom stereocenters. The highest BCUT2D eigenvalue weighted by atomic mass is 16.2. The average Bonchev–Trinajstić information content (AvgIpc) is 3.23. The number of likely N-dealkylation sites (tertiary alicyclic amines) is 1. The first-order valence-corrected chi connectivity index (χ1v) is 8.03. The lowest BCUT2D eigenvalue weighted by Gasteiger charge is -2.21. The van der Waals surface area contributed by atoms with Gasteiger partial charge in [0.25, 0.3) is 0 Å². The highest BCUT2D eigenvalue weighted by Gasteiger charge is 2.35. The van der Waals surface area contributed by atoms with Gasteiger partial charge in [0.1, 0.15) is 0 Å². The molecule has 0 unspecified atom stereocenters. The fourth-order valence-electron chi connectivity index (χ4n) is 2.94. The molecule has 2 aromatic heterocycles. The van der Waals surface area contributed by atoms with Crippen LogP contribution in [0.5, 0.6) is 0 Å². The number of rotatable bonds is 6. The van der Waals surface area contributed by atoms with Crippen LogP contribution in [0.2, 0.25) is 0 Å². The number of nitrogens with zero attached hydrogens (tertiary/aromatic N) is 4. The first-order chi connectivity index (χ1) is 11.6. The van der Waals surface area contributed by atoms with Crippen LogP contribution < -0.4 is 0 Å². The smallest absolute Gasteiger partial charge is 0.227 e. The molecule has 1 N–H and O–H groups in total. The Morgan fingerprint density at radius 1 is 1.42 bits per heavy atom. The summed E-state index contributed by atoms with van der Waals surface area (Å²) >= 11 is 0. The minimum atomic E-state index is -0.261. The Bertz CT molecular complexity index is 686. The van der Waals surface area contributed by atoms with Gasteiger partial charge in [-0.2, -0.15) is 5.10 Å². The molecule has 0 aromatic carbocycles. The van der Waals surface area contributed by atoms with Crippen LogP contribution in [0.3, 0.4) is 0 Å². The van der Waals surface area contributed by atoms with Crippen LogP contribution in [-0.4, -0.2) is 56.9 Å². The third kappa shape index (κ3) is 3.79. The molecule has 0 bridgehead atoms. The molecule has 126 valence electrons. The quantitative estimate of drug-likeness (QED) is 0.853.